The lowest BCUT2D eigenvalue weighted by Gasteiger charge is -2.35. The lowest BCUT2D eigenvalue weighted by atomic mass is 10.0. The highest BCUT2D eigenvalue weighted by molar-refractivity contribution is 6.27. The minimum Gasteiger partial charge on any atom is -0.272 e. The molecule has 1 unspecified atom stereocenters. The number of benzene rings is 3. The van der Waals surface area contributed by atoms with Gasteiger partial charge in [0.1, 0.15) is 11.9 Å². The topological polar surface area (TPSA) is 44.7 Å². The SMILES string of the molecule is O=C(CCl)NN1c2ccccc2N=C2c3cccc4cccc(c34)C21. The summed E-state index contributed by atoms with van der Waals surface area (Å²) in [5.41, 5.74) is 7.90. The van der Waals surface area contributed by atoms with Gasteiger partial charge in [0, 0.05) is 5.56 Å². The van der Waals surface area contributed by atoms with Crippen LogP contribution in [0.4, 0.5) is 11.4 Å². The zero-order chi connectivity index (χ0) is 17.0. The second kappa shape index (κ2) is 5.33. The molecule has 25 heavy (non-hydrogen) atoms. The highest BCUT2D eigenvalue weighted by Crippen LogP contribution is 2.47. The smallest absolute Gasteiger partial charge is 0.253 e. The van der Waals surface area contributed by atoms with Crippen LogP contribution in [0, 0.1) is 0 Å². The molecule has 122 valence electrons. The van der Waals surface area contributed by atoms with E-state index in [4.69, 9.17) is 16.6 Å². The molecule has 1 amide bonds. The summed E-state index contributed by atoms with van der Waals surface area (Å²) < 4.78 is 0. The van der Waals surface area contributed by atoms with E-state index in [0.717, 1.165) is 28.2 Å². The average Bonchev–Trinajstić information content (AvgIpc) is 2.97. The zero-order valence-corrected chi connectivity index (χ0v) is 14.0. The van der Waals surface area contributed by atoms with Gasteiger partial charge in [0.05, 0.1) is 17.1 Å². The Balaban J connectivity index is 1.79. The van der Waals surface area contributed by atoms with E-state index < -0.39 is 0 Å². The summed E-state index contributed by atoms with van der Waals surface area (Å²) in [6.45, 7) is 0. The second-order valence-electron chi connectivity index (χ2n) is 6.18. The normalized spacial score (nSPS) is 17.1. The van der Waals surface area contributed by atoms with Gasteiger partial charge < -0.3 is 0 Å². The first-order chi connectivity index (χ1) is 12.3. The number of hydrogen-bond donors (Lipinski definition) is 1. The van der Waals surface area contributed by atoms with Gasteiger partial charge >= 0.3 is 0 Å². The number of amides is 1. The van der Waals surface area contributed by atoms with Gasteiger partial charge in [-0.15, -0.1) is 11.6 Å². The van der Waals surface area contributed by atoms with E-state index in [2.05, 4.69) is 35.8 Å². The third kappa shape index (κ3) is 2.01. The van der Waals surface area contributed by atoms with Gasteiger partial charge in [-0.1, -0.05) is 48.5 Å². The number of rotatable bonds is 2. The summed E-state index contributed by atoms with van der Waals surface area (Å²) in [7, 11) is 0. The fourth-order valence-corrected chi connectivity index (χ4v) is 3.87. The van der Waals surface area contributed by atoms with E-state index in [-0.39, 0.29) is 17.8 Å². The fraction of sp³-hybridized carbons (Fsp3) is 0.100. The number of para-hydroxylation sites is 2. The van der Waals surface area contributed by atoms with Gasteiger partial charge in [-0.25, -0.2) is 4.99 Å². The van der Waals surface area contributed by atoms with Crippen molar-refractivity contribution >= 4 is 45.4 Å². The maximum atomic E-state index is 12.1. The molecule has 0 saturated carbocycles. The molecule has 1 aliphatic carbocycles. The van der Waals surface area contributed by atoms with Crippen molar-refractivity contribution in [3.8, 4) is 0 Å². The Hall–Kier alpha value is -2.85. The first-order valence-electron chi connectivity index (χ1n) is 8.12. The number of anilines is 1. The third-order valence-corrected chi connectivity index (χ3v) is 5.02. The van der Waals surface area contributed by atoms with Crippen molar-refractivity contribution in [2.75, 3.05) is 10.9 Å². The summed E-state index contributed by atoms with van der Waals surface area (Å²) >= 11 is 5.74. The second-order valence-corrected chi connectivity index (χ2v) is 6.45. The van der Waals surface area contributed by atoms with Gasteiger partial charge in [0.25, 0.3) is 5.91 Å². The molecule has 5 heteroatoms. The minimum absolute atomic E-state index is 0.0883. The van der Waals surface area contributed by atoms with Crippen LogP contribution in [0.3, 0.4) is 0 Å². The Labute approximate surface area is 149 Å². The lowest BCUT2D eigenvalue weighted by molar-refractivity contribution is -0.118. The monoisotopic (exact) mass is 347 g/mol. The van der Waals surface area contributed by atoms with Crippen LogP contribution in [0.2, 0.25) is 0 Å². The molecule has 1 N–H and O–H groups in total. The largest absolute Gasteiger partial charge is 0.272 e. The number of alkyl halides is 1. The van der Waals surface area contributed by atoms with Crippen molar-refractivity contribution in [3.05, 3.63) is 71.8 Å². The minimum atomic E-state index is -0.235. The molecule has 3 aromatic rings. The van der Waals surface area contributed by atoms with Gasteiger partial charge in [-0.3, -0.25) is 15.2 Å². The molecule has 1 aliphatic heterocycles. The molecule has 0 aromatic heterocycles. The van der Waals surface area contributed by atoms with E-state index in [0.29, 0.717) is 0 Å². The first kappa shape index (κ1) is 14.5. The number of aliphatic imine (C=N–C) groups is 1. The highest BCUT2D eigenvalue weighted by atomic mass is 35.5. The van der Waals surface area contributed by atoms with Crippen molar-refractivity contribution in [1.82, 2.24) is 5.43 Å². The summed E-state index contributed by atoms with van der Waals surface area (Å²) in [4.78, 5) is 17.0. The third-order valence-electron chi connectivity index (χ3n) is 4.77. The van der Waals surface area contributed by atoms with E-state index in [9.17, 15) is 4.79 Å². The number of hydrazine groups is 1. The highest BCUT2D eigenvalue weighted by Gasteiger charge is 2.39. The van der Waals surface area contributed by atoms with Crippen molar-refractivity contribution in [2.24, 2.45) is 4.99 Å². The van der Waals surface area contributed by atoms with Gasteiger partial charge in [-0.2, -0.15) is 0 Å². The van der Waals surface area contributed by atoms with Crippen LogP contribution in [0.25, 0.3) is 10.8 Å². The number of carbonyl (C=O) groups excluding carboxylic acids is 1. The molecule has 0 fully saturated rings. The average molecular weight is 348 g/mol. The van der Waals surface area contributed by atoms with E-state index in [1.807, 2.05) is 35.3 Å². The van der Waals surface area contributed by atoms with Crippen LogP contribution < -0.4 is 10.4 Å². The molecule has 3 aromatic carbocycles. The maximum absolute atomic E-state index is 12.1. The molecule has 2 aliphatic rings. The molecule has 1 heterocycles. The Kier molecular flexibility index (Phi) is 3.09. The van der Waals surface area contributed by atoms with Crippen molar-refractivity contribution in [1.29, 1.82) is 0 Å². The summed E-state index contributed by atoms with van der Waals surface area (Å²) in [5.74, 6) is -0.324. The maximum Gasteiger partial charge on any atom is 0.253 e. The molecule has 0 radical (unpaired) electrons. The molecule has 4 nitrogen and oxygen atoms in total. The van der Waals surface area contributed by atoms with Crippen LogP contribution >= 0.6 is 11.6 Å². The van der Waals surface area contributed by atoms with Crippen molar-refractivity contribution < 1.29 is 4.79 Å². The first-order valence-corrected chi connectivity index (χ1v) is 8.65. The number of halogens is 1. The number of fused-ring (bicyclic) bond motifs is 4. The van der Waals surface area contributed by atoms with Crippen molar-refractivity contribution in [2.45, 2.75) is 6.04 Å². The molecule has 0 spiro atoms. The van der Waals surface area contributed by atoms with Crippen molar-refractivity contribution in [3.63, 3.8) is 0 Å². The molecule has 1 atom stereocenters. The molecular formula is C20H14ClN3O. The predicted octanol–water partition coefficient (Wildman–Crippen LogP) is 4.11. The van der Waals surface area contributed by atoms with Gasteiger partial charge in [0.15, 0.2) is 0 Å². The molecule has 5 rings (SSSR count). The van der Waals surface area contributed by atoms with Gasteiger partial charge in [-0.05, 0) is 28.5 Å². The standard InChI is InChI=1S/C20H14ClN3O/c21-11-17(25)23-24-16-10-2-1-9-15(16)22-19-13-7-3-5-12-6-4-8-14(18(12)13)20(19)24/h1-10,20H,11H2,(H,23,25). The molecular weight excluding hydrogens is 334 g/mol. The summed E-state index contributed by atoms with van der Waals surface area (Å²) in [5, 5.41) is 4.28. The lowest BCUT2D eigenvalue weighted by Crippen LogP contribution is -2.48. The van der Waals surface area contributed by atoms with Crippen LogP contribution in [-0.2, 0) is 4.79 Å². The Morgan fingerprint density at radius 2 is 1.88 bits per heavy atom. The summed E-state index contributed by atoms with van der Waals surface area (Å²) in [6.07, 6.45) is 0. The Morgan fingerprint density at radius 3 is 2.72 bits per heavy atom. The Bertz CT molecular complexity index is 1050. The van der Waals surface area contributed by atoms with Crippen LogP contribution in [0.5, 0.6) is 0 Å². The number of nitrogens with zero attached hydrogens (tertiary/aromatic N) is 2. The van der Waals surface area contributed by atoms with E-state index >= 15 is 0 Å². The predicted molar refractivity (Wildman–Crippen MR) is 101 cm³/mol. The van der Waals surface area contributed by atoms with Crippen LogP contribution in [0.15, 0.2) is 65.7 Å². The number of hydrogen-bond acceptors (Lipinski definition) is 3. The molecule has 0 saturated heterocycles. The number of carbonyl (C=O) groups is 1. The van der Waals surface area contributed by atoms with Crippen LogP contribution in [0.1, 0.15) is 17.2 Å². The Morgan fingerprint density at radius 1 is 1.08 bits per heavy atom. The zero-order valence-electron chi connectivity index (χ0n) is 13.2. The van der Waals surface area contributed by atoms with E-state index in [1.54, 1.807) is 0 Å². The molecule has 0 bridgehead atoms. The van der Waals surface area contributed by atoms with Crippen LogP contribution in [-0.4, -0.2) is 17.5 Å². The van der Waals surface area contributed by atoms with Gasteiger partial charge in [0.2, 0.25) is 0 Å². The summed E-state index contributed by atoms with van der Waals surface area (Å²) in [6, 6.07) is 20.2. The quantitative estimate of drug-likeness (QED) is 0.709. The number of nitrogens with one attached hydrogen (secondary N) is 1. The fourth-order valence-electron chi connectivity index (χ4n) is 3.81. The van der Waals surface area contributed by atoms with E-state index in [1.165, 1.54) is 10.8 Å².